The molecule has 0 radical (unpaired) electrons. The van der Waals surface area contributed by atoms with Crippen LogP contribution in [0.25, 0.3) is 0 Å². The Hall–Kier alpha value is -1.52. The smallest absolute Gasteiger partial charge is 0.165 e. The van der Waals surface area contributed by atoms with Crippen molar-refractivity contribution in [2.75, 3.05) is 18.5 Å². The van der Waals surface area contributed by atoms with Crippen LogP contribution in [0.3, 0.4) is 0 Å². The Bertz CT molecular complexity index is 519. The minimum absolute atomic E-state index is 0.187. The Morgan fingerprint density at radius 3 is 2.85 bits per heavy atom. The van der Waals surface area contributed by atoms with Crippen LogP contribution in [0.4, 0.5) is 5.82 Å². The summed E-state index contributed by atoms with van der Waals surface area (Å²) in [4.78, 5) is 8.03. The zero-order valence-electron chi connectivity index (χ0n) is 10.5. The van der Waals surface area contributed by atoms with Crippen LogP contribution in [0.2, 0.25) is 0 Å². The number of fused-ring (bicyclic) bond motifs is 1. The zero-order valence-corrected chi connectivity index (χ0v) is 10.5. The first-order valence-electron chi connectivity index (χ1n) is 6.25. The predicted octanol–water partition coefficient (Wildman–Crippen LogP) is -2.02. The Morgan fingerprint density at radius 2 is 2.15 bits per heavy atom. The summed E-state index contributed by atoms with van der Waals surface area (Å²) >= 11 is 0. The highest BCUT2D eigenvalue weighted by Crippen LogP contribution is 2.34. The minimum atomic E-state index is -1.20. The molecule has 3 rings (SSSR count). The number of anilines is 1. The second-order valence-electron chi connectivity index (χ2n) is 4.77. The molecule has 2 aliphatic rings. The van der Waals surface area contributed by atoms with Crippen molar-refractivity contribution in [2.24, 2.45) is 4.99 Å². The van der Waals surface area contributed by atoms with Gasteiger partial charge in [-0.25, -0.2) is 4.98 Å². The molecule has 0 saturated carbocycles. The van der Waals surface area contributed by atoms with Crippen LogP contribution in [-0.4, -0.2) is 67.8 Å². The number of imidazole rings is 1. The van der Waals surface area contributed by atoms with E-state index >= 15 is 0 Å². The summed E-state index contributed by atoms with van der Waals surface area (Å²) in [5.41, 5.74) is 0.389. The summed E-state index contributed by atoms with van der Waals surface area (Å²) < 4.78 is 6.90. The summed E-state index contributed by atoms with van der Waals surface area (Å²) in [7, 11) is 0. The monoisotopic (exact) mass is 284 g/mol. The molecule has 9 nitrogen and oxygen atoms in total. The quantitative estimate of drug-likeness (QED) is 0.423. The molecule has 110 valence electrons. The van der Waals surface area contributed by atoms with E-state index < -0.39 is 37.3 Å². The first-order valence-corrected chi connectivity index (χ1v) is 6.25. The van der Waals surface area contributed by atoms with Crippen molar-refractivity contribution >= 4 is 12.2 Å². The van der Waals surface area contributed by atoms with Gasteiger partial charge in [0.05, 0.1) is 25.8 Å². The van der Waals surface area contributed by atoms with Gasteiger partial charge in [0.1, 0.15) is 35.9 Å². The molecule has 20 heavy (non-hydrogen) atoms. The first kappa shape index (κ1) is 13.5. The van der Waals surface area contributed by atoms with Crippen LogP contribution in [0.5, 0.6) is 0 Å². The predicted molar refractivity (Wildman–Crippen MR) is 67.2 cm³/mol. The summed E-state index contributed by atoms with van der Waals surface area (Å²) in [6, 6.07) is 0. The maximum absolute atomic E-state index is 10.0. The lowest BCUT2D eigenvalue weighted by atomic mass is 10.1. The summed E-state index contributed by atoms with van der Waals surface area (Å²) in [5, 5.41) is 41.6. The van der Waals surface area contributed by atoms with Crippen molar-refractivity contribution < 1.29 is 25.2 Å². The average molecular weight is 284 g/mol. The van der Waals surface area contributed by atoms with Gasteiger partial charge < -0.3 is 30.5 Å². The third-order valence-electron chi connectivity index (χ3n) is 3.50. The molecule has 0 amide bonds. The molecule has 0 aliphatic carbocycles. The van der Waals surface area contributed by atoms with Crippen molar-refractivity contribution in [2.45, 2.75) is 30.6 Å². The molecule has 1 saturated heterocycles. The van der Waals surface area contributed by atoms with Crippen molar-refractivity contribution in [3.63, 3.8) is 0 Å². The third-order valence-corrected chi connectivity index (χ3v) is 3.50. The van der Waals surface area contributed by atoms with Crippen molar-refractivity contribution in [3.05, 3.63) is 12.0 Å². The standard InChI is InChI=1S/C11H16N4O5/c16-2-6-8(18)9(19)11(20-6)15-4-14-7-5(17)1-12-3-13-10(7)15/h3-6,8-9,11,16-19H,1-2H2,(H,12,13)/t5?,6-,8-,9-,11-/m1/s1. The number of aliphatic hydroxyl groups is 4. The Balaban J connectivity index is 1.94. The number of aliphatic imine (C=N–C) groups is 1. The first-order chi connectivity index (χ1) is 9.63. The third kappa shape index (κ3) is 2.00. The van der Waals surface area contributed by atoms with E-state index in [0.717, 1.165) is 0 Å². The van der Waals surface area contributed by atoms with E-state index in [-0.39, 0.29) is 6.54 Å². The van der Waals surface area contributed by atoms with E-state index in [1.807, 2.05) is 0 Å². The Morgan fingerprint density at radius 1 is 1.35 bits per heavy atom. The number of ether oxygens (including phenoxy) is 1. The Labute approximate surface area is 114 Å². The molecule has 0 bridgehead atoms. The average Bonchev–Trinajstić information content (AvgIpc) is 2.92. The van der Waals surface area contributed by atoms with Gasteiger partial charge in [-0.05, 0) is 0 Å². The van der Waals surface area contributed by atoms with Gasteiger partial charge in [-0.1, -0.05) is 0 Å². The topological polar surface area (TPSA) is 132 Å². The molecule has 5 atom stereocenters. The van der Waals surface area contributed by atoms with Crippen molar-refractivity contribution in [3.8, 4) is 0 Å². The molecule has 0 aromatic carbocycles. The van der Waals surface area contributed by atoms with Crippen LogP contribution < -0.4 is 5.32 Å². The fraction of sp³-hybridized carbons (Fsp3) is 0.636. The van der Waals surface area contributed by atoms with Gasteiger partial charge in [-0.15, -0.1) is 0 Å². The van der Waals surface area contributed by atoms with Crippen LogP contribution in [0.15, 0.2) is 11.3 Å². The van der Waals surface area contributed by atoms with Gasteiger partial charge in [0.15, 0.2) is 6.23 Å². The van der Waals surface area contributed by atoms with Gasteiger partial charge in [-0.2, -0.15) is 0 Å². The number of hydrogen-bond donors (Lipinski definition) is 5. The van der Waals surface area contributed by atoms with Gasteiger partial charge in [-0.3, -0.25) is 9.56 Å². The molecule has 1 fully saturated rings. The maximum atomic E-state index is 10.0. The van der Waals surface area contributed by atoms with Crippen LogP contribution in [0, 0.1) is 0 Å². The van der Waals surface area contributed by atoms with E-state index in [1.165, 1.54) is 17.2 Å². The number of nitrogens with zero attached hydrogens (tertiary/aromatic N) is 3. The number of nitrogens with one attached hydrogen (secondary N) is 1. The zero-order chi connectivity index (χ0) is 14.3. The second-order valence-corrected chi connectivity index (χ2v) is 4.77. The van der Waals surface area contributed by atoms with Gasteiger partial charge >= 0.3 is 0 Å². The van der Waals surface area contributed by atoms with Crippen LogP contribution >= 0.6 is 0 Å². The lowest BCUT2D eigenvalue weighted by Gasteiger charge is -2.19. The molecular weight excluding hydrogens is 268 g/mol. The van der Waals surface area contributed by atoms with Crippen LogP contribution in [-0.2, 0) is 4.74 Å². The summed E-state index contributed by atoms with van der Waals surface area (Å²) in [5.74, 6) is 0.439. The normalized spacial score (nSPS) is 36.5. The molecule has 0 spiro atoms. The van der Waals surface area contributed by atoms with Gasteiger partial charge in [0.25, 0.3) is 0 Å². The van der Waals surface area contributed by atoms with Crippen molar-refractivity contribution in [1.82, 2.24) is 9.55 Å². The van der Waals surface area contributed by atoms with E-state index in [0.29, 0.717) is 11.5 Å². The highest BCUT2D eigenvalue weighted by molar-refractivity contribution is 5.76. The number of rotatable bonds is 2. The number of aromatic nitrogens is 2. The molecule has 1 unspecified atom stereocenters. The number of hydrogen-bond acceptors (Lipinski definition) is 8. The van der Waals surface area contributed by atoms with E-state index in [1.54, 1.807) is 0 Å². The molecule has 1 aromatic heterocycles. The lowest BCUT2D eigenvalue weighted by molar-refractivity contribution is -0.0518. The fourth-order valence-corrected chi connectivity index (χ4v) is 2.42. The molecule has 1 aromatic rings. The lowest BCUT2D eigenvalue weighted by Crippen LogP contribution is -2.33. The number of aliphatic hydroxyl groups excluding tert-OH is 4. The van der Waals surface area contributed by atoms with Crippen molar-refractivity contribution in [1.29, 1.82) is 0 Å². The Kier molecular flexibility index (Phi) is 3.44. The SMILES string of the molecule is OC[C@H]1O[C@@H](n2cnc3c2NC=NCC3O)[C@H](O)[C@@H]1O. The van der Waals surface area contributed by atoms with E-state index in [9.17, 15) is 15.3 Å². The summed E-state index contributed by atoms with van der Waals surface area (Å²) in [6.07, 6.45) is -2.18. The molecular formula is C11H16N4O5. The van der Waals surface area contributed by atoms with E-state index in [2.05, 4.69) is 15.3 Å². The van der Waals surface area contributed by atoms with Crippen LogP contribution in [0.1, 0.15) is 18.0 Å². The largest absolute Gasteiger partial charge is 0.394 e. The molecule has 2 aliphatic heterocycles. The maximum Gasteiger partial charge on any atom is 0.165 e. The molecule has 5 N–H and O–H groups in total. The highest BCUT2D eigenvalue weighted by Gasteiger charge is 2.44. The highest BCUT2D eigenvalue weighted by atomic mass is 16.6. The fourth-order valence-electron chi connectivity index (χ4n) is 2.42. The molecule has 3 heterocycles. The van der Waals surface area contributed by atoms with E-state index in [4.69, 9.17) is 9.84 Å². The molecule has 9 heteroatoms. The van der Waals surface area contributed by atoms with Gasteiger partial charge in [0, 0.05) is 0 Å². The second kappa shape index (κ2) is 5.11. The minimum Gasteiger partial charge on any atom is -0.394 e. The summed E-state index contributed by atoms with van der Waals surface area (Å²) in [6.45, 7) is -0.212. The van der Waals surface area contributed by atoms with Gasteiger partial charge in [0.2, 0.25) is 0 Å².